The van der Waals surface area contributed by atoms with Gasteiger partial charge in [-0.05, 0) is 45.1 Å². The van der Waals surface area contributed by atoms with E-state index in [1.165, 1.54) is 11.1 Å². The average molecular weight is 300 g/mol. The van der Waals surface area contributed by atoms with E-state index in [1.54, 1.807) is 6.26 Å². The maximum Gasteiger partial charge on any atom is 0.220 e. The molecule has 0 radical (unpaired) electrons. The lowest BCUT2D eigenvalue weighted by atomic mass is 10.1. The SMILES string of the molecule is Cc1ccc(CCC(=O)NCC(c2ccco2)N(C)C)cc1. The fourth-order valence-corrected chi connectivity index (χ4v) is 2.33. The number of furan rings is 1. The third-order valence-corrected chi connectivity index (χ3v) is 3.75. The minimum Gasteiger partial charge on any atom is -0.468 e. The Labute approximate surface area is 132 Å². The quantitative estimate of drug-likeness (QED) is 0.855. The van der Waals surface area contributed by atoms with Gasteiger partial charge < -0.3 is 9.73 Å². The monoisotopic (exact) mass is 300 g/mol. The fraction of sp³-hybridized carbons (Fsp3) is 0.389. The van der Waals surface area contributed by atoms with Crippen molar-refractivity contribution in [1.29, 1.82) is 0 Å². The molecular weight excluding hydrogens is 276 g/mol. The van der Waals surface area contributed by atoms with Gasteiger partial charge in [-0.3, -0.25) is 9.69 Å². The highest BCUT2D eigenvalue weighted by molar-refractivity contribution is 5.76. The molecular formula is C18H24N2O2. The molecule has 0 aliphatic carbocycles. The van der Waals surface area contributed by atoms with Crippen molar-refractivity contribution in [2.24, 2.45) is 0 Å². The third kappa shape index (κ3) is 4.74. The van der Waals surface area contributed by atoms with Crippen LogP contribution in [0.25, 0.3) is 0 Å². The molecule has 4 heteroatoms. The lowest BCUT2D eigenvalue weighted by Gasteiger charge is -2.22. The van der Waals surface area contributed by atoms with Crippen molar-refractivity contribution >= 4 is 5.91 Å². The summed E-state index contributed by atoms with van der Waals surface area (Å²) in [5.41, 5.74) is 2.43. The molecule has 2 aromatic rings. The van der Waals surface area contributed by atoms with E-state index in [1.807, 2.05) is 31.1 Å². The van der Waals surface area contributed by atoms with E-state index in [0.29, 0.717) is 13.0 Å². The molecule has 2 rings (SSSR count). The standard InChI is InChI=1S/C18H24N2O2/c1-14-6-8-15(9-7-14)10-11-18(21)19-13-16(20(2)3)17-5-4-12-22-17/h4-9,12,16H,10-11,13H2,1-3H3,(H,19,21). The number of benzene rings is 1. The summed E-state index contributed by atoms with van der Waals surface area (Å²) in [7, 11) is 3.96. The molecule has 4 nitrogen and oxygen atoms in total. The second kappa shape index (κ2) is 7.80. The third-order valence-electron chi connectivity index (χ3n) is 3.75. The molecule has 22 heavy (non-hydrogen) atoms. The Kier molecular flexibility index (Phi) is 5.78. The van der Waals surface area contributed by atoms with Crippen molar-refractivity contribution in [1.82, 2.24) is 10.2 Å². The Morgan fingerprint density at radius 1 is 1.23 bits per heavy atom. The molecule has 0 spiro atoms. The van der Waals surface area contributed by atoms with Crippen molar-refractivity contribution in [3.05, 3.63) is 59.5 Å². The molecule has 1 amide bonds. The molecule has 1 atom stereocenters. The first kappa shape index (κ1) is 16.3. The second-order valence-electron chi connectivity index (χ2n) is 5.78. The van der Waals surface area contributed by atoms with E-state index >= 15 is 0 Å². The number of hydrogen-bond acceptors (Lipinski definition) is 3. The topological polar surface area (TPSA) is 45.5 Å². The van der Waals surface area contributed by atoms with Gasteiger partial charge in [0.25, 0.3) is 0 Å². The molecule has 1 N–H and O–H groups in total. The summed E-state index contributed by atoms with van der Waals surface area (Å²) in [6.07, 6.45) is 2.92. The minimum absolute atomic E-state index is 0.0540. The summed E-state index contributed by atoms with van der Waals surface area (Å²) in [5.74, 6) is 0.933. The van der Waals surface area contributed by atoms with E-state index < -0.39 is 0 Å². The maximum atomic E-state index is 12.0. The highest BCUT2D eigenvalue weighted by Gasteiger charge is 2.17. The number of carbonyl (C=O) groups excluding carboxylic acids is 1. The van der Waals surface area contributed by atoms with Crippen LogP contribution in [0.2, 0.25) is 0 Å². The molecule has 1 heterocycles. The van der Waals surface area contributed by atoms with Gasteiger partial charge >= 0.3 is 0 Å². The number of carbonyl (C=O) groups is 1. The van der Waals surface area contributed by atoms with Gasteiger partial charge in [-0.15, -0.1) is 0 Å². The zero-order valence-electron chi connectivity index (χ0n) is 13.5. The zero-order valence-corrected chi connectivity index (χ0v) is 13.5. The predicted molar refractivity (Wildman–Crippen MR) is 87.6 cm³/mol. The van der Waals surface area contributed by atoms with Crippen LogP contribution < -0.4 is 5.32 Å². The van der Waals surface area contributed by atoms with Crippen LogP contribution in [0.15, 0.2) is 47.1 Å². The number of likely N-dealkylation sites (N-methyl/N-ethyl adjacent to an activating group) is 1. The van der Waals surface area contributed by atoms with Crippen LogP contribution in [0, 0.1) is 6.92 Å². The van der Waals surface area contributed by atoms with Gasteiger partial charge in [-0.1, -0.05) is 29.8 Å². The van der Waals surface area contributed by atoms with Crippen LogP contribution in [0.4, 0.5) is 0 Å². The van der Waals surface area contributed by atoms with Crippen LogP contribution in [0.1, 0.15) is 29.3 Å². The molecule has 0 bridgehead atoms. The normalized spacial score (nSPS) is 12.4. The molecule has 0 aliphatic heterocycles. The highest BCUT2D eigenvalue weighted by atomic mass is 16.3. The van der Waals surface area contributed by atoms with E-state index in [0.717, 1.165) is 12.2 Å². The number of amides is 1. The van der Waals surface area contributed by atoms with Gasteiger partial charge in [0, 0.05) is 13.0 Å². The summed E-state index contributed by atoms with van der Waals surface area (Å²) in [5, 5.41) is 2.99. The van der Waals surface area contributed by atoms with Gasteiger partial charge in [0.2, 0.25) is 5.91 Å². The Morgan fingerprint density at radius 3 is 2.55 bits per heavy atom. The molecule has 1 aromatic carbocycles. The highest BCUT2D eigenvalue weighted by Crippen LogP contribution is 2.17. The zero-order chi connectivity index (χ0) is 15.9. The van der Waals surface area contributed by atoms with Crippen LogP contribution in [0.3, 0.4) is 0 Å². The number of nitrogens with zero attached hydrogens (tertiary/aromatic N) is 1. The van der Waals surface area contributed by atoms with Crippen molar-refractivity contribution in [2.45, 2.75) is 25.8 Å². The van der Waals surface area contributed by atoms with Crippen molar-refractivity contribution in [3.8, 4) is 0 Å². The molecule has 0 fully saturated rings. The minimum atomic E-state index is 0.0540. The van der Waals surface area contributed by atoms with Crippen LogP contribution in [-0.2, 0) is 11.2 Å². The number of rotatable bonds is 7. The van der Waals surface area contributed by atoms with E-state index in [9.17, 15) is 4.79 Å². The maximum absolute atomic E-state index is 12.0. The molecule has 0 aliphatic rings. The first-order valence-corrected chi connectivity index (χ1v) is 7.58. The smallest absolute Gasteiger partial charge is 0.220 e. The van der Waals surface area contributed by atoms with Gasteiger partial charge in [0.15, 0.2) is 0 Å². The first-order chi connectivity index (χ1) is 10.6. The van der Waals surface area contributed by atoms with Gasteiger partial charge in [-0.2, -0.15) is 0 Å². The summed E-state index contributed by atoms with van der Waals surface area (Å²) in [4.78, 5) is 14.1. The Balaban J connectivity index is 1.80. The molecule has 0 saturated heterocycles. The second-order valence-corrected chi connectivity index (χ2v) is 5.78. The molecule has 0 saturated carbocycles. The molecule has 118 valence electrons. The largest absolute Gasteiger partial charge is 0.468 e. The van der Waals surface area contributed by atoms with Gasteiger partial charge in [-0.25, -0.2) is 0 Å². The lowest BCUT2D eigenvalue weighted by molar-refractivity contribution is -0.121. The van der Waals surface area contributed by atoms with E-state index in [-0.39, 0.29) is 11.9 Å². The first-order valence-electron chi connectivity index (χ1n) is 7.58. The van der Waals surface area contributed by atoms with E-state index in [2.05, 4.69) is 36.5 Å². The summed E-state index contributed by atoms with van der Waals surface area (Å²) >= 11 is 0. The molecule has 1 unspecified atom stereocenters. The Bertz CT molecular complexity index is 574. The molecule has 1 aromatic heterocycles. The lowest BCUT2D eigenvalue weighted by Crippen LogP contribution is -2.34. The summed E-state index contributed by atoms with van der Waals surface area (Å²) in [6, 6.07) is 12.2. The van der Waals surface area contributed by atoms with Crippen molar-refractivity contribution in [3.63, 3.8) is 0 Å². The fourth-order valence-electron chi connectivity index (χ4n) is 2.33. The summed E-state index contributed by atoms with van der Waals surface area (Å²) in [6.45, 7) is 2.61. The van der Waals surface area contributed by atoms with Gasteiger partial charge in [0.1, 0.15) is 5.76 Å². The Hall–Kier alpha value is -2.07. The number of nitrogens with one attached hydrogen (secondary N) is 1. The van der Waals surface area contributed by atoms with Crippen LogP contribution in [-0.4, -0.2) is 31.4 Å². The van der Waals surface area contributed by atoms with E-state index in [4.69, 9.17) is 4.42 Å². The van der Waals surface area contributed by atoms with Crippen LogP contribution in [0.5, 0.6) is 0 Å². The summed E-state index contributed by atoms with van der Waals surface area (Å²) < 4.78 is 5.44. The van der Waals surface area contributed by atoms with Crippen molar-refractivity contribution < 1.29 is 9.21 Å². The average Bonchev–Trinajstić information content (AvgIpc) is 3.00. The number of hydrogen-bond donors (Lipinski definition) is 1. The number of aryl methyl sites for hydroxylation is 2. The Morgan fingerprint density at radius 2 is 1.95 bits per heavy atom. The van der Waals surface area contributed by atoms with Crippen LogP contribution >= 0.6 is 0 Å². The predicted octanol–water partition coefficient (Wildman–Crippen LogP) is 2.94. The van der Waals surface area contributed by atoms with Crippen molar-refractivity contribution in [2.75, 3.05) is 20.6 Å². The van der Waals surface area contributed by atoms with Gasteiger partial charge in [0.05, 0.1) is 12.3 Å².